The first kappa shape index (κ1) is 12.0. The average molecular weight is 305 g/mol. The van der Waals surface area contributed by atoms with Gasteiger partial charge in [0.05, 0.1) is 27.9 Å². The molecule has 0 radical (unpaired) electrons. The third kappa shape index (κ3) is 3.55. The van der Waals surface area contributed by atoms with Crippen LogP contribution in [0.1, 0.15) is 6.42 Å². The van der Waals surface area contributed by atoms with Gasteiger partial charge in [0.25, 0.3) is 0 Å². The van der Waals surface area contributed by atoms with E-state index in [0.717, 1.165) is 21.9 Å². The molecule has 1 amide bonds. The van der Waals surface area contributed by atoms with Crippen LogP contribution in [0, 0.1) is 0 Å². The van der Waals surface area contributed by atoms with Crippen LogP contribution in [-0.4, -0.2) is 31.7 Å². The number of anilines is 1. The molecule has 1 aromatic rings. The lowest BCUT2D eigenvalue weighted by molar-refractivity contribution is -0.119. The van der Waals surface area contributed by atoms with Crippen molar-refractivity contribution in [1.82, 2.24) is 5.32 Å². The highest BCUT2D eigenvalue weighted by Gasteiger charge is 2.17. The lowest BCUT2D eigenvalue weighted by Gasteiger charge is -2.22. The Morgan fingerprint density at radius 1 is 1.69 bits per heavy atom. The number of morpholine rings is 1. The summed E-state index contributed by atoms with van der Waals surface area (Å²) in [6.07, 6.45) is 0.403. The smallest absolute Gasteiger partial charge is 0.227 e. The van der Waals surface area contributed by atoms with Gasteiger partial charge in [-0.3, -0.25) is 4.79 Å². The second-order valence-corrected chi connectivity index (χ2v) is 6.02. The molecule has 1 aromatic heterocycles. The van der Waals surface area contributed by atoms with E-state index >= 15 is 0 Å². The number of carbonyl (C=O) groups excluding carboxylic acids is 1. The lowest BCUT2D eigenvalue weighted by atomic mass is 10.2. The van der Waals surface area contributed by atoms with E-state index in [-0.39, 0.29) is 12.0 Å². The van der Waals surface area contributed by atoms with Crippen molar-refractivity contribution in [2.45, 2.75) is 12.5 Å². The van der Waals surface area contributed by atoms with E-state index < -0.39 is 0 Å². The summed E-state index contributed by atoms with van der Waals surface area (Å²) in [6, 6.07) is 3.80. The summed E-state index contributed by atoms with van der Waals surface area (Å²) < 4.78 is 6.47. The second kappa shape index (κ2) is 5.77. The van der Waals surface area contributed by atoms with E-state index in [0.29, 0.717) is 13.0 Å². The van der Waals surface area contributed by atoms with Crippen molar-refractivity contribution in [2.24, 2.45) is 0 Å². The quantitative estimate of drug-likeness (QED) is 0.896. The molecular weight excluding hydrogens is 292 g/mol. The second-order valence-electron chi connectivity index (χ2n) is 3.55. The highest BCUT2D eigenvalue weighted by atomic mass is 79.9. The number of amides is 1. The summed E-state index contributed by atoms with van der Waals surface area (Å²) in [4.78, 5) is 11.7. The topological polar surface area (TPSA) is 50.4 Å². The molecular formula is C10H13BrN2O2S. The van der Waals surface area contributed by atoms with Gasteiger partial charge in [0.15, 0.2) is 0 Å². The van der Waals surface area contributed by atoms with Crippen LogP contribution in [-0.2, 0) is 9.53 Å². The first-order chi connectivity index (χ1) is 7.74. The van der Waals surface area contributed by atoms with Crippen molar-refractivity contribution in [1.29, 1.82) is 0 Å². The van der Waals surface area contributed by atoms with Crippen molar-refractivity contribution < 1.29 is 9.53 Å². The zero-order valence-corrected chi connectivity index (χ0v) is 11.1. The summed E-state index contributed by atoms with van der Waals surface area (Å²) >= 11 is 4.86. The molecule has 0 aromatic carbocycles. The molecule has 2 heterocycles. The summed E-state index contributed by atoms with van der Waals surface area (Å²) in [5.41, 5.74) is 0. The molecule has 0 aliphatic carbocycles. The summed E-state index contributed by atoms with van der Waals surface area (Å²) in [5.74, 6) is 0.00282. The molecule has 0 bridgehead atoms. The molecule has 1 aliphatic rings. The summed E-state index contributed by atoms with van der Waals surface area (Å²) in [5, 5.41) is 6.91. The predicted octanol–water partition coefficient (Wildman–Crippen LogP) is 1.83. The van der Waals surface area contributed by atoms with E-state index in [1.54, 1.807) is 0 Å². The Kier molecular flexibility index (Phi) is 4.34. The fourth-order valence-electron chi connectivity index (χ4n) is 1.53. The molecule has 0 saturated carbocycles. The zero-order chi connectivity index (χ0) is 11.4. The number of nitrogens with one attached hydrogen (secondary N) is 2. The minimum atomic E-state index is -0.00264. The van der Waals surface area contributed by atoms with Crippen LogP contribution < -0.4 is 10.6 Å². The summed E-state index contributed by atoms with van der Waals surface area (Å²) in [7, 11) is 0. The molecule has 1 aliphatic heterocycles. The van der Waals surface area contributed by atoms with Crippen molar-refractivity contribution in [3.8, 4) is 0 Å². The first-order valence-electron chi connectivity index (χ1n) is 5.11. The van der Waals surface area contributed by atoms with Crippen LogP contribution >= 0.6 is 27.3 Å². The number of hydrogen-bond acceptors (Lipinski definition) is 4. The number of thiophene rings is 1. The molecule has 2 N–H and O–H groups in total. The van der Waals surface area contributed by atoms with Gasteiger partial charge in [-0.15, -0.1) is 11.3 Å². The fraction of sp³-hybridized carbons (Fsp3) is 0.500. The standard InChI is InChI=1S/C10H13BrN2O2S/c11-8-1-2-10(16-8)13-9(14)5-7-6-12-3-4-15-7/h1-2,7,12H,3-6H2,(H,13,14). The van der Waals surface area contributed by atoms with E-state index in [1.165, 1.54) is 11.3 Å². The van der Waals surface area contributed by atoms with Crippen LogP contribution in [0.3, 0.4) is 0 Å². The van der Waals surface area contributed by atoms with Gasteiger partial charge in [0.2, 0.25) is 5.91 Å². The maximum Gasteiger partial charge on any atom is 0.227 e. The van der Waals surface area contributed by atoms with Gasteiger partial charge in [-0.1, -0.05) is 0 Å². The highest BCUT2D eigenvalue weighted by molar-refractivity contribution is 9.11. The fourth-order valence-corrected chi connectivity index (χ4v) is 2.83. The van der Waals surface area contributed by atoms with Crippen LogP contribution in [0.25, 0.3) is 0 Å². The number of rotatable bonds is 3. The molecule has 2 rings (SSSR count). The molecule has 1 unspecified atom stereocenters. The third-order valence-electron chi connectivity index (χ3n) is 2.25. The van der Waals surface area contributed by atoms with Crippen molar-refractivity contribution in [3.05, 3.63) is 15.9 Å². The monoisotopic (exact) mass is 304 g/mol. The molecule has 16 heavy (non-hydrogen) atoms. The summed E-state index contributed by atoms with van der Waals surface area (Å²) in [6.45, 7) is 2.31. The Morgan fingerprint density at radius 2 is 2.56 bits per heavy atom. The number of carbonyl (C=O) groups is 1. The lowest BCUT2D eigenvalue weighted by Crippen LogP contribution is -2.40. The number of ether oxygens (including phenoxy) is 1. The van der Waals surface area contributed by atoms with E-state index in [2.05, 4.69) is 26.6 Å². The molecule has 6 heteroatoms. The van der Waals surface area contributed by atoms with Crippen molar-refractivity contribution >= 4 is 38.2 Å². The molecule has 1 fully saturated rings. The van der Waals surface area contributed by atoms with Gasteiger partial charge in [0.1, 0.15) is 0 Å². The molecule has 4 nitrogen and oxygen atoms in total. The Bertz CT molecular complexity index is 363. The van der Waals surface area contributed by atoms with Gasteiger partial charge in [-0.05, 0) is 28.1 Å². The number of hydrogen-bond donors (Lipinski definition) is 2. The van der Waals surface area contributed by atoms with Gasteiger partial charge in [-0.25, -0.2) is 0 Å². The zero-order valence-electron chi connectivity index (χ0n) is 8.66. The first-order valence-corrected chi connectivity index (χ1v) is 6.72. The van der Waals surface area contributed by atoms with Gasteiger partial charge in [-0.2, -0.15) is 0 Å². The maximum absolute atomic E-state index is 11.7. The largest absolute Gasteiger partial charge is 0.375 e. The van der Waals surface area contributed by atoms with Crippen LogP contribution in [0.4, 0.5) is 5.00 Å². The van der Waals surface area contributed by atoms with Crippen molar-refractivity contribution in [2.75, 3.05) is 25.0 Å². The van der Waals surface area contributed by atoms with Crippen LogP contribution in [0.15, 0.2) is 15.9 Å². The Labute approximate surface area is 106 Å². The van der Waals surface area contributed by atoms with Gasteiger partial charge in [0, 0.05) is 13.1 Å². The highest BCUT2D eigenvalue weighted by Crippen LogP contribution is 2.26. The molecule has 88 valence electrons. The predicted molar refractivity (Wildman–Crippen MR) is 67.9 cm³/mol. The normalized spacial score (nSPS) is 20.7. The maximum atomic E-state index is 11.7. The van der Waals surface area contributed by atoms with Gasteiger partial charge < -0.3 is 15.4 Å². The van der Waals surface area contributed by atoms with Crippen LogP contribution in [0.5, 0.6) is 0 Å². The van der Waals surface area contributed by atoms with E-state index in [4.69, 9.17) is 4.74 Å². The SMILES string of the molecule is O=C(CC1CNCCO1)Nc1ccc(Br)s1. The van der Waals surface area contributed by atoms with E-state index in [9.17, 15) is 4.79 Å². The van der Waals surface area contributed by atoms with Crippen LogP contribution in [0.2, 0.25) is 0 Å². The Morgan fingerprint density at radius 3 is 3.19 bits per heavy atom. The van der Waals surface area contributed by atoms with E-state index in [1.807, 2.05) is 12.1 Å². The molecule has 0 spiro atoms. The average Bonchev–Trinajstić information content (AvgIpc) is 2.65. The minimum absolute atomic E-state index is 0.00264. The number of halogens is 1. The Balaban J connectivity index is 1.79. The molecule has 1 saturated heterocycles. The van der Waals surface area contributed by atoms with Crippen molar-refractivity contribution in [3.63, 3.8) is 0 Å². The van der Waals surface area contributed by atoms with Gasteiger partial charge >= 0.3 is 0 Å². The molecule has 1 atom stereocenters. The third-order valence-corrected chi connectivity index (χ3v) is 3.79. The Hall–Kier alpha value is -0.430. The minimum Gasteiger partial charge on any atom is -0.375 e.